The molecule has 0 unspecified atom stereocenters. The fourth-order valence-electron chi connectivity index (χ4n) is 4.34. The van der Waals surface area contributed by atoms with Crippen LogP contribution in [-0.2, 0) is 6.42 Å². The molecule has 1 saturated heterocycles. The van der Waals surface area contributed by atoms with E-state index < -0.39 is 0 Å². The van der Waals surface area contributed by atoms with E-state index in [9.17, 15) is 0 Å². The minimum absolute atomic E-state index is 0.348. The van der Waals surface area contributed by atoms with Gasteiger partial charge in [-0.3, -0.25) is 15.6 Å². The van der Waals surface area contributed by atoms with Gasteiger partial charge in [-0.2, -0.15) is 0 Å². The molecular formula is C21H26N3+. The van der Waals surface area contributed by atoms with Crippen molar-refractivity contribution >= 4 is 5.96 Å². The van der Waals surface area contributed by atoms with Gasteiger partial charge in [0.25, 0.3) is 0 Å². The summed E-state index contributed by atoms with van der Waals surface area (Å²) in [5, 5.41) is 3.55. The van der Waals surface area contributed by atoms with Crippen LogP contribution in [0.2, 0.25) is 0 Å². The summed E-state index contributed by atoms with van der Waals surface area (Å²) in [5.74, 6) is 0.871. The number of fused-ring (bicyclic) bond motifs is 1. The Morgan fingerprint density at radius 3 is 2.42 bits per heavy atom. The van der Waals surface area contributed by atoms with Crippen molar-refractivity contribution < 1.29 is 4.58 Å². The lowest BCUT2D eigenvalue weighted by atomic mass is 9.97. The Hall–Kier alpha value is -2.29. The molecule has 0 saturated carbocycles. The molecule has 3 heteroatoms. The second kappa shape index (κ2) is 6.68. The minimum Gasteiger partial charge on any atom is -0.291 e. The van der Waals surface area contributed by atoms with Gasteiger partial charge >= 0.3 is 5.96 Å². The van der Waals surface area contributed by atoms with Gasteiger partial charge in [0.2, 0.25) is 0 Å². The maximum absolute atomic E-state index is 6.44. The van der Waals surface area contributed by atoms with E-state index in [1.54, 1.807) is 0 Å². The predicted octanol–water partition coefficient (Wildman–Crippen LogP) is 3.21. The highest BCUT2D eigenvalue weighted by molar-refractivity contribution is 5.74. The van der Waals surface area contributed by atoms with E-state index in [1.165, 1.54) is 30.4 Å². The van der Waals surface area contributed by atoms with Gasteiger partial charge in [0.05, 0.1) is 12.1 Å². The fourth-order valence-corrected chi connectivity index (χ4v) is 4.34. The van der Waals surface area contributed by atoms with Crippen LogP contribution in [0.5, 0.6) is 0 Å². The number of nitrogens with one attached hydrogen (secondary N) is 1. The molecule has 3 N–H and O–H groups in total. The summed E-state index contributed by atoms with van der Waals surface area (Å²) in [7, 11) is 0. The molecule has 1 fully saturated rings. The number of rotatable bonds is 4. The number of hydrogen-bond donors (Lipinski definition) is 2. The minimum atomic E-state index is 0.348. The molecule has 124 valence electrons. The summed E-state index contributed by atoms with van der Waals surface area (Å²) in [6.07, 6.45) is 5.96. The zero-order chi connectivity index (χ0) is 16.4. The average molecular weight is 320 g/mol. The third kappa shape index (κ3) is 3.03. The second-order valence-electron chi connectivity index (χ2n) is 7.05. The first-order valence-corrected chi connectivity index (χ1v) is 9.07. The summed E-state index contributed by atoms with van der Waals surface area (Å²) in [6.45, 7) is 0. The van der Waals surface area contributed by atoms with Crippen molar-refractivity contribution in [2.45, 2.75) is 50.2 Å². The normalized spacial score (nSPS) is 26.1. The fraction of sp³-hybridized carbons (Fsp3) is 0.381. The van der Waals surface area contributed by atoms with Gasteiger partial charge in [-0.05, 0) is 36.8 Å². The van der Waals surface area contributed by atoms with E-state index in [2.05, 4.69) is 70.6 Å². The van der Waals surface area contributed by atoms with Crippen LogP contribution in [0.4, 0.5) is 0 Å². The van der Waals surface area contributed by atoms with Crippen molar-refractivity contribution in [3.8, 4) is 0 Å². The summed E-state index contributed by atoms with van der Waals surface area (Å²) >= 11 is 0. The third-order valence-corrected chi connectivity index (χ3v) is 5.54. The van der Waals surface area contributed by atoms with Gasteiger partial charge in [-0.25, -0.2) is 0 Å². The molecule has 0 amide bonds. The first kappa shape index (κ1) is 15.3. The number of hydrogen-bond acceptors (Lipinski definition) is 2. The Morgan fingerprint density at radius 1 is 0.958 bits per heavy atom. The third-order valence-electron chi connectivity index (χ3n) is 5.54. The number of benzene rings is 2. The van der Waals surface area contributed by atoms with Gasteiger partial charge in [-0.15, -0.1) is 0 Å². The van der Waals surface area contributed by atoms with Crippen LogP contribution in [0.3, 0.4) is 0 Å². The molecule has 4 rings (SSSR count). The van der Waals surface area contributed by atoms with Crippen molar-refractivity contribution in [3.05, 3.63) is 71.8 Å². The van der Waals surface area contributed by atoms with Crippen LogP contribution in [0.1, 0.15) is 42.9 Å². The zero-order valence-electron chi connectivity index (χ0n) is 14.1. The second-order valence-corrected chi connectivity index (χ2v) is 7.05. The van der Waals surface area contributed by atoms with Crippen LogP contribution in [0.15, 0.2) is 60.7 Å². The maximum Gasteiger partial charge on any atom is 0.344 e. The van der Waals surface area contributed by atoms with Crippen molar-refractivity contribution in [3.63, 3.8) is 0 Å². The lowest BCUT2D eigenvalue weighted by Gasteiger charge is -2.29. The van der Waals surface area contributed by atoms with E-state index >= 15 is 0 Å². The average Bonchev–Trinajstić information content (AvgIpc) is 3.05. The van der Waals surface area contributed by atoms with E-state index in [-0.39, 0.29) is 0 Å². The molecular weight excluding hydrogens is 294 g/mol. The number of guanidine groups is 1. The van der Waals surface area contributed by atoms with Crippen LogP contribution >= 0.6 is 0 Å². The number of nitrogens with zero attached hydrogens (tertiary/aromatic N) is 1. The monoisotopic (exact) mass is 320 g/mol. The molecule has 2 aromatic carbocycles. The first-order valence-electron chi connectivity index (χ1n) is 9.07. The van der Waals surface area contributed by atoms with Crippen molar-refractivity contribution in [1.29, 1.82) is 0 Å². The number of nitrogens with two attached hydrogens (primary N) is 1. The van der Waals surface area contributed by atoms with Crippen molar-refractivity contribution in [2.24, 2.45) is 5.73 Å². The Balaban J connectivity index is 1.47. The highest BCUT2D eigenvalue weighted by Gasteiger charge is 2.40. The smallest absolute Gasteiger partial charge is 0.291 e. The van der Waals surface area contributed by atoms with Gasteiger partial charge in [0, 0.05) is 6.42 Å². The topological polar surface area (TPSA) is 41.1 Å². The van der Waals surface area contributed by atoms with Crippen molar-refractivity contribution in [1.82, 2.24) is 5.32 Å². The van der Waals surface area contributed by atoms with E-state index in [1.807, 2.05) is 0 Å². The molecule has 2 heterocycles. The SMILES string of the molecule is NC1=[N+]2[C@@H](CCc3ccccc3)CC[C@@H]2C[C@H](c2ccccc2)N1. The lowest BCUT2D eigenvalue weighted by Crippen LogP contribution is -2.51. The zero-order valence-corrected chi connectivity index (χ0v) is 14.1. The summed E-state index contributed by atoms with van der Waals surface area (Å²) < 4.78 is 2.46. The Morgan fingerprint density at radius 2 is 1.67 bits per heavy atom. The lowest BCUT2D eigenvalue weighted by molar-refractivity contribution is -0.587. The Bertz CT molecular complexity index is 708. The quantitative estimate of drug-likeness (QED) is 0.849. The van der Waals surface area contributed by atoms with Gasteiger partial charge in [0.1, 0.15) is 6.04 Å². The van der Waals surface area contributed by atoms with Crippen molar-refractivity contribution in [2.75, 3.05) is 0 Å². The van der Waals surface area contributed by atoms with E-state index in [0.717, 1.165) is 18.8 Å². The molecule has 0 radical (unpaired) electrons. The Kier molecular flexibility index (Phi) is 4.24. The maximum atomic E-state index is 6.44. The van der Waals surface area contributed by atoms with E-state index in [4.69, 9.17) is 5.73 Å². The molecule has 2 aliphatic heterocycles. The highest BCUT2D eigenvalue weighted by Crippen LogP contribution is 2.32. The number of aryl methyl sites for hydroxylation is 1. The highest BCUT2D eigenvalue weighted by atomic mass is 15.3. The molecule has 0 bridgehead atoms. The molecule has 0 aromatic heterocycles. The van der Waals surface area contributed by atoms with Crippen LogP contribution in [0.25, 0.3) is 0 Å². The van der Waals surface area contributed by atoms with Crippen LogP contribution < -0.4 is 11.1 Å². The van der Waals surface area contributed by atoms with Gasteiger partial charge < -0.3 is 0 Å². The molecule has 3 nitrogen and oxygen atoms in total. The van der Waals surface area contributed by atoms with Crippen LogP contribution in [0, 0.1) is 0 Å². The molecule has 0 aliphatic carbocycles. The molecule has 0 spiro atoms. The standard InChI is InChI=1S/C21H25N3/c22-21-23-20(17-9-5-2-6-10-17)15-19-14-13-18(24(19)21)12-11-16-7-3-1-4-8-16/h1-10,18-20H,11-15H2,(H2,22,23)/p+1/t18-,19+,20+/m0/s1. The molecule has 2 aliphatic rings. The summed E-state index contributed by atoms with van der Waals surface area (Å²) in [6, 6.07) is 23.0. The first-order chi connectivity index (χ1) is 11.8. The molecule has 3 atom stereocenters. The Labute approximate surface area is 144 Å². The van der Waals surface area contributed by atoms with Gasteiger partial charge in [0.15, 0.2) is 0 Å². The molecule has 2 aromatic rings. The predicted molar refractivity (Wildman–Crippen MR) is 98.0 cm³/mol. The van der Waals surface area contributed by atoms with Crippen LogP contribution in [-0.4, -0.2) is 22.6 Å². The largest absolute Gasteiger partial charge is 0.344 e. The molecule has 24 heavy (non-hydrogen) atoms. The summed E-state index contributed by atoms with van der Waals surface area (Å²) in [5.41, 5.74) is 9.20. The summed E-state index contributed by atoms with van der Waals surface area (Å²) in [4.78, 5) is 0. The van der Waals surface area contributed by atoms with Gasteiger partial charge in [-0.1, -0.05) is 60.7 Å². The van der Waals surface area contributed by atoms with E-state index in [0.29, 0.717) is 18.1 Å².